The van der Waals surface area contributed by atoms with E-state index in [-0.39, 0.29) is 0 Å². The van der Waals surface area contributed by atoms with Gasteiger partial charge >= 0.3 is 0 Å². The molecular weight excluding hydrogens is 284 g/mol. The number of aromatic nitrogens is 2. The monoisotopic (exact) mass is 302 g/mol. The fourth-order valence-corrected chi connectivity index (χ4v) is 3.03. The highest BCUT2D eigenvalue weighted by Crippen LogP contribution is 2.37. The molecule has 0 spiro atoms. The van der Waals surface area contributed by atoms with Gasteiger partial charge in [0.1, 0.15) is 16.6 Å². The second-order valence-corrected chi connectivity index (χ2v) is 5.53. The number of anilines is 2. The molecule has 0 unspecified atom stereocenters. The zero-order valence-electron chi connectivity index (χ0n) is 12.2. The number of ether oxygens (including phenoxy) is 1. The highest BCUT2D eigenvalue weighted by atomic mass is 32.1. The number of rotatable bonds is 2. The number of para-hydroxylation sites is 2. The molecule has 5 nitrogen and oxygen atoms in total. The Morgan fingerprint density at radius 3 is 2.90 bits per heavy atom. The molecule has 0 radical (unpaired) electrons. The van der Waals surface area contributed by atoms with Gasteiger partial charge in [-0.1, -0.05) is 24.4 Å². The Bertz CT molecular complexity index is 695. The number of thiocarbonyl (C=S) groups is 1. The van der Waals surface area contributed by atoms with Crippen molar-refractivity contribution in [2.24, 2.45) is 12.8 Å². The Morgan fingerprint density at radius 1 is 1.38 bits per heavy atom. The highest BCUT2D eigenvalue weighted by molar-refractivity contribution is 7.80. The summed E-state index contributed by atoms with van der Waals surface area (Å²) in [6, 6.07) is 8.01. The minimum Gasteiger partial charge on any atom is -0.491 e. The molecule has 1 aliphatic heterocycles. The van der Waals surface area contributed by atoms with Gasteiger partial charge in [0.2, 0.25) is 0 Å². The van der Waals surface area contributed by atoms with Crippen LogP contribution in [0.5, 0.6) is 5.75 Å². The van der Waals surface area contributed by atoms with E-state index in [0.29, 0.717) is 11.6 Å². The molecule has 1 aromatic heterocycles. The van der Waals surface area contributed by atoms with Crippen LogP contribution in [0.15, 0.2) is 24.3 Å². The fourth-order valence-electron chi connectivity index (χ4n) is 2.79. The first-order valence-corrected chi connectivity index (χ1v) is 7.33. The minimum atomic E-state index is 0.373. The fraction of sp³-hybridized carbons (Fsp3) is 0.333. The predicted octanol–water partition coefficient (Wildman–Crippen LogP) is 2.28. The quantitative estimate of drug-likeness (QED) is 0.863. The summed E-state index contributed by atoms with van der Waals surface area (Å²) in [6.45, 7) is 3.47. The highest BCUT2D eigenvalue weighted by Gasteiger charge is 2.25. The van der Waals surface area contributed by atoms with Crippen LogP contribution in [-0.4, -0.2) is 27.9 Å². The van der Waals surface area contributed by atoms with Gasteiger partial charge in [-0.3, -0.25) is 4.68 Å². The molecule has 110 valence electrons. The molecule has 21 heavy (non-hydrogen) atoms. The second-order valence-electron chi connectivity index (χ2n) is 5.09. The lowest BCUT2D eigenvalue weighted by atomic mass is 10.2. The van der Waals surface area contributed by atoms with Crippen molar-refractivity contribution in [1.82, 2.24) is 9.78 Å². The van der Waals surface area contributed by atoms with E-state index in [1.54, 1.807) is 0 Å². The van der Waals surface area contributed by atoms with Crippen LogP contribution in [0, 0.1) is 6.92 Å². The van der Waals surface area contributed by atoms with Crippen molar-refractivity contribution in [3.8, 4) is 5.75 Å². The summed E-state index contributed by atoms with van der Waals surface area (Å²) in [5.41, 5.74) is 8.63. The lowest BCUT2D eigenvalue weighted by Crippen LogP contribution is -2.24. The van der Waals surface area contributed by atoms with Crippen LogP contribution in [-0.2, 0) is 7.05 Å². The zero-order chi connectivity index (χ0) is 15.0. The Kier molecular flexibility index (Phi) is 3.55. The topological polar surface area (TPSA) is 56.3 Å². The first kappa shape index (κ1) is 13.9. The van der Waals surface area contributed by atoms with Gasteiger partial charge in [-0.05, 0) is 25.5 Å². The summed E-state index contributed by atoms with van der Waals surface area (Å²) in [7, 11) is 1.92. The van der Waals surface area contributed by atoms with Gasteiger partial charge in [0.25, 0.3) is 0 Å². The molecule has 2 N–H and O–H groups in total. The maximum absolute atomic E-state index is 5.91. The van der Waals surface area contributed by atoms with Crippen molar-refractivity contribution >= 4 is 28.7 Å². The number of aryl methyl sites for hydroxylation is 2. The lowest BCUT2D eigenvalue weighted by Gasteiger charge is -2.24. The molecule has 2 aromatic rings. The summed E-state index contributed by atoms with van der Waals surface area (Å²) in [5, 5.41) is 4.48. The van der Waals surface area contributed by atoms with E-state index in [4.69, 9.17) is 22.7 Å². The molecule has 0 saturated carbocycles. The van der Waals surface area contributed by atoms with Gasteiger partial charge in [0.15, 0.2) is 0 Å². The predicted molar refractivity (Wildman–Crippen MR) is 87.4 cm³/mol. The van der Waals surface area contributed by atoms with E-state index in [1.807, 2.05) is 42.9 Å². The van der Waals surface area contributed by atoms with Crippen molar-refractivity contribution in [1.29, 1.82) is 0 Å². The molecule has 0 saturated heterocycles. The maximum atomic E-state index is 5.91. The van der Waals surface area contributed by atoms with Gasteiger partial charge < -0.3 is 15.4 Å². The van der Waals surface area contributed by atoms with Crippen molar-refractivity contribution in [3.05, 3.63) is 35.5 Å². The van der Waals surface area contributed by atoms with Gasteiger partial charge in [-0.2, -0.15) is 5.10 Å². The third kappa shape index (κ3) is 2.35. The van der Waals surface area contributed by atoms with E-state index >= 15 is 0 Å². The third-order valence-corrected chi connectivity index (χ3v) is 3.84. The van der Waals surface area contributed by atoms with Crippen molar-refractivity contribution in [3.63, 3.8) is 0 Å². The molecule has 6 heteroatoms. The van der Waals surface area contributed by atoms with Crippen LogP contribution in [0.1, 0.15) is 17.7 Å². The van der Waals surface area contributed by atoms with Crippen molar-refractivity contribution in [2.75, 3.05) is 18.1 Å². The Hall–Kier alpha value is -2.08. The van der Waals surface area contributed by atoms with Gasteiger partial charge in [0.05, 0.1) is 23.6 Å². The molecular formula is C15H18N4OS. The molecule has 0 fully saturated rings. The molecule has 2 heterocycles. The Labute approximate surface area is 129 Å². The minimum absolute atomic E-state index is 0.373. The Balaban J connectivity index is 2.19. The molecule has 1 aliphatic rings. The number of nitrogens with zero attached hydrogens (tertiary/aromatic N) is 3. The summed E-state index contributed by atoms with van der Waals surface area (Å²) in [5.74, 6) is 1.81. The maximum Gasteiger partial charge on any atom is 0.142 e. The number of hydrogen-bond donors (Lipinski definition) is 1. The number of nitrogens with two attached hydrogens (primary N) is 1. The first-order valence-electron chi connectivity index (χ1n) is 6.92. The van der Waals surface area contributed by atoms with Crippen LogP contribution >= 0.6 is 12.2 Å². The molecule has 0 amide bonds. The Morgan fingerprint density at radius 2 is 2.14 bits per heavy atom. The van der Waals surface area contributed by atoms with Crippen LogP contribution < -0.4 is 15.4 Å². The SMILES string of the molecule is Cc1nn(C)c(N2CCCOc3ccccc32)c1C(N)=S. The third-order valence-electron chi connectivity index (χ3n) is 3.63. The van der Waals surface area contributed by atoms with Crippen LogP contribution in [0.2, 0.25) is 0 Å². The smallest absolute Gasteiger partial charge is 0.142 e. The summed E-state index contributed by atoms with van der Waals surface area (Å²) in [4.78, 5) is 2.56. The van der Waals surface area contributed by atoms with Gasteiger partial charge in [-0.25, -0.2) is 0 Å². The summed E-state index contributed by atoms with van der Waals surface area (Å²) >= 11 is 5.22. The largest absolute Gasteiger partial charge is 0.491 e. The van der Waals surface area contributed by atoms with Gasteiger partial charge in [0, 0.05) is 13.6 Å². The second kappa shape index (κ2) is 5.37. The first-order chi connectivity index (χ1) is 10.1. The normalized spacial score (nSPS) is 14.3. The summed E-state index contributed by atoms with van der Waals surface area (Å²) in [6.07, 6.45) is 0.926. The van der Waals surface area contributed by atoms with Crippen LogP contribution in [0.25, 0.3) is 0 Å². The number of hydrogen-bond acceptors (Lipinski definition) is 4. The van der Waals surface area contributed by atoms with E-state index in [0.717, 1.165) is 41.5 Å². The van der Waals surface area contributed by atoms with E-state index in [1.165, 1.54) is 0 Å². The van der Waals surface area contributed by atoms with Crippen molar-refractivity contribution < 1.29 is 4.74 Å². The standard InChI is InChI=1S/C15H18N4OS/c1-10-13(14(16)21)15(18(2)17-10)19-8-5-9-20-12-7-4-3-6-11(12)19/h3-4,6-7H,5,8-9H2,1-2H3,(H2,16,21). The molecule has 3 rings (SSSR count). The molecule has 0 bridgehead atoms. The molecule has 0 aliphatic carbocycles. The number of fused-ring (bicyclic) bond motifs is 1. The van der Waals surface area contributed by atoms with Crippen LogP contribution in [0.3, 0.4) is 0 Å². The lowest BCUT2D eigenvalue weighted by molar-refractivity contribution is 0.322. The van der Waals surface area contributed by atoms with E-state index in [2.05, 4.69) is 10.00 Å². The van der Waals surface area contributed by atoms with Gasteiger partial charge in [-0.15, -0.1) is 0 Å². The zero-order valence-corrected chi connectivity index (χ0v) is 13.0. The molecule has 0 atom stereocenters. The van der Waals surface area contributed by atoms with E-state index in [9.17, 15) is 0 Å². The summed E-state index contributed by atoms with van der Waals surface area (Å²) < 4.78 is 7.65. The average Bonchev–Trinajstić information content (AvgIpc) is 2.63. The molecule has 1 aromatic carbocycles. The number of benzene rings is 1. The van der Waals surface area contributed by atoms with Crippen LogP contribution in [0.4, 0.5) is 11.5 Å². The van der Waals surface area contributed by atoms with Crippen molar-refractivity contribution in [2.45, 2.75) is 13.3 Å². The van der Waals surface area contributed by atoms with E-state index < -0.39 is 0 Å². The average molecular weight is 302 g/mol.